The van der Waals surface area contributed by atoms with Gasteiger partial charge in [0.2, 0.25) is 0 Å². The Hall–Kier alpha value is -0.740. The van der Waals surface area contributed by atoms with Crippen molar-refractivity contribution < 1.29 is 19.4 Å². The maximum atomic E-state index is 12.1. The van der Waals surface area contributed by atoms with Gasteiger partial charge in [-0.2, -0.15) is 0 Å². The highest BCUT2D eigenvalue weighted by atomic mass is 17.2. The Labute approximate surface area is 90.9 Å². The number of carbonyl (C=O) groups excluding carboxylic acids is 2. The second-order valence-electron chi connectivity index (χ2n) is 4.82. The fraction of sp³-hybridized carbons (Fsp3) is 0.818. The molecular formula is C11H20O4. The summed E-state index contributed by atoms with van der Waals surface area (Å²) < 4.78 is 0. The first kappa shape index (κ1) is 14.3. The minimum Gasteiger partial charge on any atom is -0.299 e. The molecule has 0 aliphatic rings. The standard InChI is InChI=1S/C11H20O4/c1-8(12)11(4,5)9(13)10(2,3)7-15-14-6/h7H2,1-6H3. The average Bonchev–Trinajstić information content (AvgIpc) is 2.13. The fourth-order valence-corrected chi connectivity index (χ4v) is 1.28. The van der Waals surface area contributed by atoms with Crippen molar-refractivity contribution in [3.63, 3.8) is 0 Å². The van der Waals surface area contributed by atoms with E-state index >= 15 is 0 Å². The molecule has 0 aromatic carbocycles. The normalized spacial score (nSPS) is 12.7. The molecule has 0 spiro atoms. The van der Waals surface area contributed by atoms with Crippen LogP contribution >= 0.6 is 0 Å². The Morgan fingerprint density at radius 1 is 1.13 bits per heavy atom. The first-order valence-corrected chi connectivity index (χ1v) is 4.88. The van der Waals surface area contributed by atoms with Gasteiger partial charge in [0.1, 0.15) is 5.78 Å². The first-order chi connectivity index (χ1) is 6.66. The van der Waals surface area contributed by atoms with Crippen molar-refractivity contribution in [2.75, 3.05) is 13.7 Å². The largest absolute Gasteiger partial charge is 0.299 e. The zero-order chi connectivity index (χ0) is 12.3. The van der Waals surface area contributed by atoms with E-state index < -0.39 is 10.8 Å². The Bertz CT molecular complexity index is 253. The monoisotopic (exact) mass is 216 g/mol. The van der Waals surface area contributed by atoms with E-state index in [0.29, 0.717) is 0 Å². The summed E-state index contributed by atoms with van der Waals surface area (Å²) in [4.78, 5) is 32.6. The Balaban J connectivity index is 4.75. The van der Waals surface area contributed by atoms with E-state index in [1.807, 2.05) is 0 Å². The molecule has 0 radical (unpaired) electrons. The molecule has 0 aromatic rings. The van der Waals surface area contributed by atoms with Gasteiger partial charge in [-0.1, -0.05) is 13.8 Å². The lowest BCUT2D eigenvalue weighted by Gasteiger charge is -2.30. The van der Waals surface area contributed by atoms with Crippen LogP contribution in [0.2, 0.25) is 0 Å². The number of carbonyl (C=O) groups is 2. The van der Waals surface area contributed by atoms with Gasteiger partial charge in [0.25, 0.3) is 0 Å². The van der Waals surface area contributed by atoms with Crippen molar-refractivity contribution in [1.29, 1.82) is 0 Å². The highest BCUT2D eigenvalue weighted by molar-refractivity contribution is 6.07. The molecule has 15 heavy (non-hydrogen) atoms. The van der Waals surface area contributed by atoms with Crippen LogP contribution in [0, 0.1) is 10.8 Å². The highest BCUT2D eigenvalue weighted by Gasteiger charge is 2.42. The summed E-state index contributed by atoms with van der Waals surface area (Å²) in [6.07, 6.45) is 0. The lowest BCUT2D eigenvalue weighted by molar-refractivity contribution is -0.285. The van der Waals surface area contributed by atoms with E-state index in [2.05, 4.69) is 4.89 Å². The quantitative estimate of drug-likeness (QED) is 0.386. The number of Topliss-reactive ketones (excluding diaryl/α,β-unsaturated/α-hetero) is 2. The van der Waals surface area contributed by atoms with Gasteiger partial charge >= 0.3 is 0 Å². The van der Waals surface area contributed by atoms with E-state index in [-0.39, 0.29) is 18.2 Å². The summed E-state index contributed by atoms with van der Waals surface area (Å²) in [5.41, 5.74) is -1.70. The van der Waals surface area contributed by atoms with Crippen LogP contribution in [0.5, 0.6) is 0 Å². The van der Waals surface area contributed by atoms with Crippen molar-refractivity contribution in [3.8, 4) is 0 Å². The van der Waals surface area contributed by atoms with E-state index in [1.54, 1.807) is 27.7 Å². The molecule has 0 fully saturated rings. The molecule has 0 saturated carbocycles. The van der Waals surface area contributed by atoms with Crippen LogP contribution in [-0.2, 0) is 19.4 Å². The number of rotatable bonds is 6. The van der Waals surface area contributed by atoms with Gasteiger partial charge in [0.15, 0.2) is 5.78 Å². The topological polar surface area (TPSA) is 52.6 Å². The van der Waals surface area contributed by atoms with Crippen LogP contribution < -0.4 is 0 Å². The van der Waals surface area contributed by atoms with Crippen molar-refractivity contribution in [2.45, 2.75) is 34.6 Å². The molecule has 0 unspecified atom stereocenters. The molecule has 0 amide bonds. The van der Waals surface area contributed by atoms with Crippen LogP contribution in [0.3, 0.4) is 0 Å². The Morgan fingerprint density at radius 3 is 1.93 bits per heavy atom. The molecule has 0 aliphatic heterocycles. The van der Waals surface area contributed by atoms with E-state index in [4.69, 9.17) is 4.89 Å². The van der Waals surface area contributed by atoms with Gasteiger partial charge in [0.05, 0.1) is 24.5 Å². The van der Waals surface area contributed by atoms with Crippen LogP contribution in [0.25, 0.3) is 0 Å². The van der Waals surface area contributed by atoms with Gasteiger partial charge in [-0.3, -0.25) is 9.59 Å². The molecular weight excluding hydrogens is 196 g/mol. The second-order valence-corrected chi connectivity index (χ2v) is 4.82. The summed E-state index contributed by atoms with van der Waals surface area (Å²) in [7, 11) is 1.39. The van der Waals surface area contributed by atoms with Gasteiger partial charge in [-0.25, -0.2) is 9.78 Å². The predicted molar refractivity (Wildman–Crippen MR) is 56.2 cm³/mol. The van der Waals surface area contributed by atoms with Crippen LogP contribution in [0.4, 0.5) is 0 Å². The van der Waals surface area contributed by atoms with E-state index in [0.717, 1.165) is 0 Å². The summed E-state index contributed by atoms with van der Waals surface area (Å²) in [6.45, 7) is 8.29. The SMILES string of the molecule is COOCC(C)(C)C(=O)C(C)(C)C(C)=O. The third-order valence-corrected chi connectivity index (χ3v) is 2.60. The molecule has 4 heteroatoms. The average molecular weight is 216 g/mol. The lowest BCUT2D eigenvalue weighted by atomic mass is 9.72. The van der Waals surface area contributed by atoms with Crippen molar-refractivity contribution in [1.82, 2.24) is 0 Å². The van der Waals surface area contributed by atoms with Crippen LogP contribution in [-0.4, -0.2) is 25.3 Å². The smallest absolute Gasteiger partial charge is 0.153 e. The Morgan fingerprint density at radius 2 is 1.60 bits per heavy atom. The fourth-order valence-electron chi connectivity index (χ4n) is 1.28. The highest BCUT2D eigenvalue weighted by Crippen LogP contribution is 2.30. The Kier molecular flexibility index (Phi) is 4.62. The van der Waals surface area contributed by atoms with Gasteiger partial charge in [-0.05, 0) is 20.8 Å². The third kappa shape index (κ3) is 3.39. The van der Waals surface area contributed by atoms with Gasteiger partial charge in [0, 0.05) is 0 Å². The van der Waals surface area contributed by atoms with Crippen molar-refractivity contribution in [2.24, 2.45) is 10.8 Å². The molecule has 0 heterocycles. The first-order valence-electron chi connectivity index (χ1n) is 4.88. The number of hydrogen-bond donors (Lipinski definition) is 0. The molecule has 0 aliphatic carbocycles. The van der Waals surface area contributed by atoms with Gasteiger partial charge in [-0.15, -0.1) is 0 Å². The number of ketones is 2. The minimum absolute atomic E-state index is 0.138. The molecule has 0 N–H and O–H groups in total. The lowest BCUT2D eigenvalue weighted by Crippen LogP contribution is -2.43. The molecule has 0 bridgehead atoms. The molecule has 0 aromatic heterocycles. The van der Waals surface area contributed by atoms with Gasteiger partial charge < -0.3 is 0 Å². The number of hydrogen-bond acceptors (Lipinski definition) is 4. The zero-order valence-electron chi connectivity index (χ0n) is 10.3. The maximum absolute atomic E-state index is 12.1. The van der Waals surface area contributed by atoms with Crippen molar-refractivity contribution in [3.05, 3.63) is 0 Å². The minimum atomic E-state index is -0.972. The maximum Gasteiger partial charge on any atom is 0.153 e. The summed E-state index contributed by atoms with van der Waals surface area (Å²) in [5, 5.41) is 0. The second kappa shape index (κ2) is 4.86. The zero-order valence-corrected chi connectivity index (χ0v) is 10.3. The third-order valence-electron chi connectivity index (χ3n) is 2.60. The van der Waals surface area contributed by atoms with Crippen LogP contribution in [0.1, 0.15) is 34.6 Å². The van der Waals surface area contributed by atoms with E-state index in [1.165, 1.54) is 14.0 Å². The summed E-state index contributed by atoms with van der Waals surface area (Å²) in [5.74, 6) is -0.280. The van der Waals surface area contributed by atoms with Crippen molar-refractivity contribution >= 4 is 11.6 Å². The molecule has 4 nitrogen and oxygen atoms in total. The molecule has 88 valence electrons. The predicted octanol–water partition coefficient (Wildman–Crippen LogP) is 1.77. The molecule has 0 atom stereocenters. The molecule has 0 rings (SSSR count). The van der Waals surface area contributed by atoms with Crippen LogP contribution in [0.15, 0.2) is 0 Å². The summed E-state index contributed by atoms with van der Waals surface area (Å²) >= 11 is 0. The van der Waals surface area contributed by atoms with E-state index in [9.17, 15) is 9.59 Å². The molecule has 0 saturated heterocycles. The summed E-state index contributed by atoms with van der Waals surface area (Å²) in [6, 6.07) is 0.